The topological polar surface area (TPSA) is 57.0 Å². The molecule has 0 N–H and O–H groups in total. The van der Waals surface area contributed by atoms with Crippen LogP contribution < -0.4 is 4.74 Å². The number of ketones is 1. The minimum atomic E-state index is 0.00410. The largest absolute Gasteiger partial charge is 0.492 e. The summed E-state index contributed by atoms with van der Waals surface area (Å²) in [5, 5.41) is 9.46. The molecule has 26 heavy (non-hydrogen) atoms. The molecular formula is C20H21N3O2S. The van der Waals surface area contributed by atoms with E-state index in [0.717, 1.165) is 16.5 Å². The summed E-state index contributed by atoms with van der Waals surface area (Å²) >= 11 is 1.58. The van der Waals surface area contributed by atoms with Gasteiger partial charge in [-0.2, -0.15) is 0 Å². The summed E-state index contributed by atoms with van der Waals surface area (Å²) in [6.07, 6.45) is 0. The van der Waals surface area contributed by atoms with Crippen LogP contribution in [-0.4, -0.2) is 32.9 Å². The number of hydrogen-bond donors (Lipinski definition) is 0. The number of Topliss-reactive ketones (excluding diaryl/α,β-unsaturated/α-hetero) is 1. The Hall–Kier alpha value is -2.60. The van der Waals surface area contributed by atoms with E-state index in [1.165, 1.54) is 5.56 Å². The normalized spacial score (nSPS) is 10.7. The highest BCUT2D eigenvalue weighted by molar-refractivity contribution is 7.99. The van der Waals surface area contributed by atoms with Crippen LogP contribution in [0.15, 0.2) is 53.7 Å². The van der Waals surface area contributed by atoms with Gasteiger partial charge in [-0.1, -0.05) is 48.2 Å². The second-order valence-corrected chi connectivity index (χ2v) is 6.99. The summed E-state index contributed by atoms with van der Waals surface area (Å²) in [6.45, 7) is 4.10. The zero-order valence-electron chi connectivity index (χ0n) is 15.1. The second-order valence-electron chi connectivity index (χ2n) is 5.93. The molecule has 134 valence electrons. The minimum absolute atomic E-state index is 0.00410. The van der Waals surface area contributed by atoms with Crippen LogP contribution in [0.4, 0.5) is 0 Å². The Labute approximate surface area is 157 Å². The third kappa shape index (κ3) is 3.96. The first-order valence-corrected chi connectivity index (χ1v) is 9.37. The summed E-state index contributed by atoms with van der Waals surface area (Å²) in [6, 6.07) is 15.4. The van der Waals surface area contributed by atoms with Crippen LogP contribution in [0, 0.1) is 6.92 Å². The van der Waals surface area contributed by atoms with Gasteiger partial charge in [-0.05, 0) is 31.5 Å². The molecule has 0 spiro atoms. The highest BCUT2D eigenvalue weighted by Crippen LogP contribution is 2.25. The SMILES string of the molecule is CC(=O)c1ccccc1OCCSc1nnc(-c2ccccc2C)n1C. The van der Waals surface area contributed by atoms with Gasteiger partial charge in [0.1, 0.15) is 5.75 Å². The average Bonchev–Trinajstić information content (AvgIpc) is 3.00. The van der Waals surface area contributed by atoms with Gasteiger partial charge in [0.05, 0.1) is 12.2 Å². The highest BCUT2D eigenvalue weighted by atomic mass is 32.2. The number of carbonyl (C=O) groups excluding carboxylic acids is 1. The van der Waals surface area contributed by atoms with E-state index in [4.69, 9.17) is 4.74 Å². The van der Waals surface area contributed by atoms with Crippen molar-refractivity contribution in [3.8, 4) is 17.1 Å². The molecule has 0 radical (unpaired) electrons. The van der Waals surface area contributed by atoms with Crippen LogP contribution in [0.3, 0.4) is 0 Å². The molecule has 0 saturated carbocycles. The maximum absolute atomic E-state index is 11.6. The quantitative estimate of drug-likeness (QED) is 0.356. The molecule has 6 heteroatoms. The Kier molecular flexibility index (Phi) is 5.73. The number of rotatable bonds is 7. The van der Waals surface area contributed by atoms with E-state index in [1.807, 2.05) is 41.9 Å². The lowest BCUT2D eigenvalue weighted by atomic mass is 10.1. The van der Waals surface area contributed by atoms with Crippen molar-refractivity contribution >= 4 is 17.5 Å². The van der Waals surface area contributed by atoms with Crippen molar-refractivity contribution in [3.63, 3.8) is 0 Å². The van der Waals surface area contributed by atoms with E-state index in [0.29, 0.717) is 23.7 Å². The lowest BCUT2D eigenvalue weighted by Gasteiger charge is -2.09. The Morgan fingerprint density at radius 1 is 1.12 bits per heavy atom. The van der Waals surface area contributed by atoms with Crippen molar-refractivity contribution in [2.24, 2.45) is 7.05 Å². The Balaban J connectivity index is 1.62. The number of thioether (sulfide) groups is 1. The van der Waals surface area contributed by atoms with Crippen LogP contribution in [0.5, 0.6) is 5.75 Å². The van der Waals surface area contributed by atoms with Crippen LogP contribution in [0.2, 0.25) is 0 Å². The van der Waals surface area contributed by atoms with Crippen LogP contribution in [0.25, 0.3) is 11.4 Å². The van der Waals surface area contributed by atoms with Gasteiger partial charge in [-0.3, -0.25) is 4.79 Å². The molecule has 0 amide bonds. The molecule has 0 atom stereocenters. The van der Waals surface area contributed by atoms with Crippen LogP contribution >= 0.6 is 11.8 Å². The van der Waals surface area contributed by atoms with Gasteiger partial charge in [0, 0.05) is 18.4 Å². The van der Waals surface area contributed by atoms with E-state index in [1.54, 1.807) is 24.8 Å². The number of benzene rings is 2. The molecule has 0 aliphatic rings. The molecule has 2 aromatic carbocycles. The number of carbonyl (C=O) groups is 1. The molecule has 1 aromatic heterocycles. The lowest BCUT2D eigenvalue weighted by Crippen LogP contribution is -2.05. The molecular weight excluding hydrogens is 346 g/mol. The number of aryl methyl sites for hydroxylation is 1. The van der Waals surface area contributed by atoms with Crippen LogP contribution in [0.1, 0.15) is 22.8 Å². The Bertz CT molecular complexity index is 921. The molecule has 0 aliphatic heterocycles. The van der Waals surface area contributed by atoms with E-state index < -0.39 is 0 Å². The molecule has 3 rings (SSSR count). The zero-order chi connectivity index (χ0) is 18.5. The monoisotopic (exact) mass is 367 g/mol. The van der Waals surface area contributed by atoms with Crippen molar-refractivity contribution in [2.75, 3.05) is 12.4 Å². The van der Waals surface area contributed by atoms with E-state index in [9.17, 15) is 4.79 Å². The van der Waals surface area contributed by atoms with Crippen molar-refractivity contribution < 1.29 is 9.53 Å². The fraction of sp³-hybridized carbons (Fsp3) is 0.250. The third-order valence-electron chi connectivity index (χ3n) is 4.06. The first kappa shape index (κ1) is 18.2. The van der Waals surface area contributed by atoms with E-state index in [-0.39, 0.29) is 5.78 Å². The molecule has 0 unspecified atom stereocenters. The summed E-state index contributed by atoms with van der Waals surface area (Å²) in [5.74, 6) is 2.20. The number of aromatic nitrogens is 3. The predicted molar refractivity (Wildman–Crippen MR) is 104 cm³/mol. The fourth-order valence-electron chi connectivity index (χ4n) is 2.67. The maximum atomic E-state index is 11.6. The number of hydrogen-bond acceptors (Lipinski definition) is 5. The van der Waals surface area contributed by atoms with Crippen molar-refractivity contribution in [3.05, 3.63) is 59.7 Å². The van der Waals surface area contributed by atoms with Gasteiger partial charge in [-0.25, -0.2) is 0 Å². The van der Waals surface area contributed by atoms with Gasteiger partial charge in [0.25, 0.3) is 0 Å². The highest BCUT2D eigenvalue weighted by Gasteiger charge is 2.13. The van der Waals surface area contributed by atoms with Gasteiger partial charge in [0.2, 0.25) is 0 Å². The molecule has 3 aromatic rings. The fourth-order valence-corrected chi connectivity index (χ4v) is 3.39. The lowest BCUT2D eigenvalue weighted by molar-refractivity contribution is 0.101. The van der Waals surface area contributed by atoms with Crippen molar-refractivity contribution in [2.45, 2.75) is 19.0 Å². The number of ether oxygens (including phenoxy) is 1. The summed E-state index contributed by atoms with van der Waals surface area (Å²) in [4.78, 5) is 11.6. The summed E-state index contributed by atoms with van der Waals surface area (Å²) < 4.78 is 7.77. The standard InChI is InChI=1S/C20H21N3O2S/c1-14-8-4-5-9-16(14)19-21-22-20(23(19)3)26-13-12-25-18-11-7-6-10-17(18)15(2)24/h4-11H,12-13H2,1-3H3. The van der Waals surface area contributed by atoms with Gasteiger partial charge in [0.15, 0.2) is 16.8 Å². The van der Waals surface area contributed by atoms with Gasteiger partial charge >= 0.3 is 0 Å². The van der Waals surface area contributed by atoms with E-state index in [2.05, 4.69) is 29.3 Å². The predicted octanol–water partition coefficient (Wildman–Crippen LogP) is 4.16. The van der Waals surface area contributed by atoms with Crippen molar-refractivity contribution in [1.82, 2.24) is 14.8 Å². The van der Waals surface area contributed by atoms with Crippen LogP contribution in [-0.2, 0) is 7.05 Å². The molecule has 0 bridgehead atoms. The van der Waals surface area contributed by atoms with E-state index >= 15 is 0 Å². The first-order valence-electron chi connectivity index (χ1n) is 8.39. The Morgan fingerprint density at radius 2 is 1.85 bits per heavy atom. The molecule has 5 nitrogen and oxygen atoms in total. The summed E-state index contributed by atoms with van der Waals surface area (Å²) in [5.41, 5.74) is 2.86. The first-order chi connectivity index (χ1) is 12.6. The molecule has 1 heterocycles. The van der Waals surface area contributed by atoms with Gasteiger partial charge in [-0.15, -0.1) is 10.2 Å². The zero-order valence-corrected chi connectivity index (χ0v) is 15.9. The number of nitrogens with zero attached hydrogens (tertiary/aromatic N) is 3. The molecule has 0 aliphatic carbocycles. The third-order valence-corrected chi connectivity index (χ3v) is 5.04. The number of para-hydroxylation sites is 1. The molecule has 0 saturated heterocycles. The maximum Gasteiger partial charge on any atom is 0.191 e. The second kappa shape index (κ2) is 8.19. The molecule has 0 fully saturated rings. The smallest absolute Gasteiger partial charge is 0.191 e. The average molecular weight is 367 g/mol. The minimum Gasteiger partial charge on any atom is -0.492 e. The Morgan fingerprint density at radius 3 is 2.62 bits per heavy atom. The summed E-state index contributed by atoms with van der Waals surface area (Å²) in [7, 11) is 1.97. The van der Waals surface area contributed by atoms with Crippen molar-refractivity contribution in [1.29, 1.82) is 0 Å². The van der Waals surface area contributed by atoms with Gasteiger partial charge < -0.3 is 9.30 Å².